The van der Waals surface area contributed by atoms with Crippen LogP contribution in [0, 0.1) is 26.6 Å². The van der Waals surface area contributed by atoms with Gasteiger partial charge in [0.1, 0.15) is 11.6 Å². The van der Waals surface area contributed by atoms with Crippen LogP contribution in [0.25, 0.3) is 11.3 Å². The molecule has 0 radical (unpaired) electrons. The first kappa shape index (κ1) is 20.3. The van der Waals surface area contributed by atoms with E-state index in [9.17, 15) is 14.0 Å². The molecule has 1 N–H and O–H groups in total. The van der Waals surface area contributed by atoms with Crippen molar-refractivity contribution in [2.24, 2.45) is 0 Å². The molecule has 2 amide bonds. The van der Waals surface area contributed by atoms with E-state index in [0.29, 0.717) is 11.3 Å². The number of nitrogens with zero attached hydrogens (tertiary/aromatic N) is 1. The minimum absolute atomic E-state index is 0.113. The zero-order valence-electron chi connectivity index (χ0n) is 16.9. The van der Waals surface area contributed by atoms with Gasteiger partial charge in [0.25, 0.3) is 5.91 Å². The number of furan rings is 1. The average molecular weight is 394 g/mol. The van der Waals surface area contributed by atoms with Gasteiger partial charge in [0.2, 0.25) is 5.91 Å². The Balaban J connectivity index is 1.66. The second-order valence-corrected chi connectivity index (χ2v) is 7.15. The Labute approximate surface area is 169 Å². The molecule has 0 aliphatic rings. The van der Waals surface area contributed by atoms with E-state index in [-0.39, 0.29) is 24.0 Å². The molecule has 0 saturated heterocycles. The van der Waals surface area contributed by atoms with Crippen LogP contribution in [0.5, 0.6) is 0 Å². The van der Waals surface area contributed by atoms with Gasteiger partial charge in [-0.15, -0.1) is 0 Å². The molecule has 0 spiro atoms. The third-order valence-corrected chi connectivity index (χ3v) is 4.61. The molecule has 0 atom stereocenters. The van der Waals surface area contributed by atoms with Gasteiger partial charge < -0.3 is 14.6 Å². The Bertz CT molecular complexity index is 1030. The number of anilines is 1. The van der Waals surface area contributed by atoms with Gasteiger partial charge >= 0.3 is 0 Å². The van der Waals surface area contributed by atoms with Crippen LogP contribution in [0.3, 0.4) is 0 Å². The van der Waals surface area contributed by atoms with Crippen molar-refractivity contribution in [2.45, 2.75) is 20.8 Å². The number of carbonyl (C=O) groups excluding carboxylic acids is 2. The lowest BCUT2D eigenvalue weighted by Gasteiger charge is -2.17. The summed E-state index contributed by atoms with van der Waals surface area (Å²) in [4.78, 5) is 26.3. The van der Waals surface area contributed by atoms with Crippen molar-refractivity contribution in [3.8, 4) is 11.3 Å². The number of likely N-dealkylation sites (N-methyl/N-ethyl adjacent to an activating group) is 1. The van der Waals surface area contributed by atoms with E-state index in [1.54, 1.807) is 24.3 Å². The van der Waals surface area contributed by atoms with Crippen molar-refractivity contribution < 1.29 is 18.4 Å². The predicted octanol–water partition coefficient (Wildman–Crippen LogP) is 4.72. The molecule has 3 aromatic rings. The average Bonchev–Trinajstić information content (AvgIpc) is 3.14. The van der Waals surface area contributed by atoms with Gasteiger partial charge in [0.05, 0.1) is 6.54 Å². The molecule has 6 heteroatoms. The molecule has 29 heavy (non-hydrogen) atoms. The fraction of sp³-hybridized carbons (Fsp3) is 0.217. The van der Waals surface area contributed by atoms with E-state index < -0.39 is 5.91 Å². The Hall–Kier alpha value is -3.41. The first-order chi connectivity index (χ1) is 13.7. The highest BCUT2D eigenvalue weighted by Gasteiger charge is 2.19. The van der Waals surface area contributed by atoms with Crippen LogP contribution >= 0.6 is 0 Å². The summed E-state index contributed by atoms with van der Waals surface area (Å²) in [5.74, 6) is -0.479. The molecule has 150 valence electrons. The van der Waals surface area contributed by atoms with Gasteiger partial charge in [0, 0.05) is 18.3 Å². The molecule has 3 rings (SSSR count). The minimum Gasteiger partial charge on any atom is -0.451 e. The molecular weight excluding hydrogens is 371 g/mol. The van der Waals surface area contributed by atoms with E-state index in [1.807, 2.05) is 32.9 Å². The van der Waals surface area contributed by atoms with Crippen LogP contribution in [-0.4, -0.2) is 30.3 Å². The molecule has 1 heterocycles. The van der Waals surface area contributed by atoms with E-state index in [0.717, 1.165) is 22.4 Å². The maximum Gasteiger partial charge on any atom is 0.289 e. The van der Waals surface area contributed by atoms with Crippen LogP contribution in [-0.2, 0) is 4.79 Å². The fourth-order valence-electron chi connectivity index (χ4n) is 3.25. The van der Waals surface area contributed by atoms with Gasteiger partial charge in [-0.2, -0.15) is 0 Å². The molecule has 5 nitrogen and oxygen atoms in total. The van der Waals surface area contributed by atoms with Crippen molar-refractivity contribution in [1.29, 1.82) is 0 Å². The number of rotatable bonds is 5. The van der Waals surface area contributed by atoms with Crippen molar-refractivity contribution in [2.75, 3.05) is 18.9 Å². The van der Waals surface area contributed by atoms with Crippen molar-refractivity contribution in [1.82, 2.24) is 4.90 Å². The number of nitrogens with one attached hydrogen (secondary N) is 1. The van der Waals surface area contributed by atoms with Gasteiger partial charge in [-0.3, -0.25) is 9.59 Å². The number of hydrogen-bond donors (Lipinski definition) is 1. The zero-order valence-corrected chi connectivity index (χ0v) is 16.9. The summed E-state index contributed by atoms with van der Waals surface area (Å²) >= 11 is 0. The van der Waals surface area contributed by atoms with E-state index in [2.05, 4.69) is 5.32 Å². The number of aryl methyl sites for hydroxylation is 3. The second-order valence-electron chi connectivity index (χ2n) is 7.15. The molecule has 0 bridgehead atoms. The molecule has 0 unspecified atom stereocenters. The van der Waals surface area contributed by atoms with Crippen LogP contribution in [0.4, 0.5) is 10.1 Å². The summed E-state index contributed by atoms with van der Waals surface area (Å²) in [6, 6.07) is 13.0. The number of amides is 2. The summed E-state index contributed by atoms with van der Waals surface area (Å²) in [7, 11) is 1.54. The van der Waals surface area contributed by atoms with E-state index in [1.165, 1.54) is 24.1 Å². The highest BCUT2D eigenvalue weighted by Crippen LogP contribution is 2.24. The fourth-order valence-corrected chi connectivity index (χ4v) is 3.25. The summed E-state index contributed by atoms with van der Waals surface area (Å²) in [6.07, 6.45) is 0. The van der Waals surface area contributed by atoms with Crippen molar-refractivity contribution >= 4 is 17.5 Å². The third-order valence-electron chi connectivity index (χ3n) is 4.61. The molecule has 2 aromatic carbocycles. The van der Waals surface area contributed by atoms with Crippen molar-refractivity contribution in [3.63, 3.8) is 0 Å². The van der Waals surface area contributed by atoms with E-state index in [4.69, 9.17) is 4.42 Å². The second kappa shape index (κ2) is 8.31. The summed E-state index contributed by atoms with van der Waals surface area (Å²) in [6.45, 7) is 5.76. The van der Waals surface area contributed by atoms with Crippen LogP contribution in [0.2, 0.25) is 0 Å². The van der Waals surface area contributed by atoms with Crippen LogP contribution in [0.1, 0.15) is 27.2 Å². The largest absolute Gasteiger partial charge is 0.451 e. The van der Waals surface area contributed by atoms with E-state index >= 15 is 0 Å². The number of hydrogen-bond acceptors (Lipinski definition) is 3. The Kier molecular flexibility index (Phi) is 5.82. The lowest BCUT2D eigenvalue weighted by Crippen LogP contribution is -2.35. The normalized spacial score (nSPS) is 10.7. The highest BCUT2D eigenvalue weighted by molar-refractivity contribution is 5.98. The summed E-state index contributed by atoms with van der Waals surface area (Å²) in [5, 5.41) is 2.88. The van der Waals surface area contributed by atoms with Gasteiger partial charge in [-0.05, 0) is 68.3 Å². The number of halogens is 1. The molecule has 0 fully saturated rings. The monoisotopic (exact) mass is 394 g/mol. The lowest BCUT2D eigenvalue weighted by atomic mass is 10.1. The summed E-state index contributed by atoms with van der Waals surface area (Å²) in [5.41, 5.74) is 4.49. The van der Waals surface area contributed by atoms with Crippen LogP contribution < -0.4 is 5.32 Å². The maximum atomic E-state index is 13.1. The Morgan fingerprint density at radius 3 is 2.24 bits per heavy atom. The molecule has 0 aliphatic carbocycles. The SMILES string of the molecule is Cc1cc(C)c(NC(=O)CN(C)C(=O)c2ccc(-c3ccc(F)cc3)o2)c(C)c1. The molecule has 1 aromatic heterocycles. The standard InChI is InChI=1S/C23H23FN2O3/c1-14-11-15(2)22(16(3)12-14)25-21(27)13-26(4)23(28)20-10-9-19(29-20)17-5-7-18(24)8-6-17/h5-12H,13H2,1-4H3,(H,25,27). The van der Waals surface area contributed by atoms with Gasteiger partial charge in [0.15, 0.2) is 5.76 Å². The number of benzene rings is 2. The smallest absolute Gasteiger partial charge is 0.289 e. The zero-order chi connectivity index (χ0) is 21.1. The first-order valence-corrected chi connectivity index (χ1v) is 9.23. The predicted molar refractivity (Wildman–Crippen MR) is 110 cm³/mol. The Morgan fingerprint density at radius 1 is 1.00 bits per heavy atom. The van der Waals surface area contributed by atoms with Gasteiger partial charge in [-0.1, -0.05) is 17.7 Å². The summed E-state index contributed by atoms with van der Waals surface area (Å²) < 4.78 is 18.7. The lowest BCUT2D eigenvalue weighted by molar-refractivity contribution is -0.116. The topological polar surface area (TPSA) is 62.6 Å². The highest BCUT2D eigenvalue weighted by atomic mass is 19.1. The molecular formula is C23H23FN2O3. The maximum absolute atomic E-state index is 13.1. The first-order valence-electron chi connectivity index (χ1n) is 9.23. The van der Waals surface area contributed by atoms with Gasteiger partial charge in [-0.25, -0.2) is 4.39 Å². The van der Waals surface area contributed by atoms with Crippen LogP contribution in [0.15, 0.2) is 52.9 Å². The minimum atomic E-state index is -0.411. The molecule has 0 aliphatic heterocycles. The Morgan fingerprint density at radius 2 is 1.62 bits per heavy atom. The molecule has 0 saturated carbocycles. The van der Waals surface area contributed by atoms with Crippen molar-refractivity contribution in [3.05, 3.63) is 76.8 Å². The quantitative estimate of drug-likeness (QED) is 0.681. The third kappa shape index (κ3) is 4.71. The number of carbonyl (C=O) groups is 2.